The molecule has 214 valence electrons. The molecule has 0 bridgehead atoms. The van der Waals surface area contributed by atoms with Crippen molar-refractivity contribution in [3.8, 4) is 5.75 Å². The summed E-state index contributed by atoms with van der Waals surface area (Å²) in [6.45, 7) is 12.0. The van der Waals surface area contributed by atoms with E-state index in [0.29, 0.717) is 29.2 Å². The Morgan fingerprint density at radius 3 is 2.23 bits per heavy atom. The Balaban J connectivity index is 1.52. The van der Waals surface area contributed by atoms with Gasteiger partial charge in [-0.1, -0.05) is 58.1 Å². The van der Waals surface area contributed by atoms with Gasteiger partial charge in [0.2, 0.25) is 0 Å². The Kier molecular flexibility index (Phi) is 12.3. The van der Waals surface area contributed by atoms with Gasteiger partial charge in [0, 0.05) is 37.2 Å². The number of rotatable bonds is 15. The van der Waals surface area contributed by atoms with Gasteiger partial charge in [-0.15, -0.1) is 0 Å². The summed E-state index contributed by atoms with van der Waals surface area (Å²) in [5.74, 6) is 0.434. The van der Waals surface area contributed by atoms with Crippen molar-refractivity contribution >= 4 is 17.5 Å². The number of anilines is 1. The summed E-state index contributed by atoms with van der Waals surface area (Å²) in [5.41, 5.74) is 1.83. The number of carbonyl (C=O) groups is 2. The summed E-state index contributed by atoms with van der Waals surface area (Å²) in [4.78, 5) is 28.2. The van der Waals surface area contributed by atoms with E-state index < -0.39 is 0 Å². The van der Waals surface area contributed by atoms with Crippen molar-refractivity contribution in [3.05, 3.63) is 59.7 Å². The van der Waals surface area contributed by atoms with Crippen LogP contribution in [0.4, 0.5) is 5.69 Å². The fourth-order valence-corrected chi connectivity index (χ4v) is 5.77. The minimum Gasteiger partial charge on any atom is -0.493 e. The molecule has 0 saturated carbocycles. The van der Waals surface area contributed by atoms with E-state index in [1.807, 2.05) is 42.3 Å². The van der Waals surface area contributed by atoms with Gasteiger partial charge >= 0.3 is 0 Å². The molecule has 0 spiro atoms. The predicted octanol–water partition coefficient (Wildman–Crippen LogP) is 7.16. The van der Waals surface area contributed by atoms with E-state index in [9.17, 15) is 9.59 Å². The number of quaternary nitrogens is 1. The van der Waals surface area contributed by atoms with Crippen LogP contribution >= 0.6 is 0 Å². The molecule has 1 saturated heterocycles. The van der Waals surface area contributed by atoms with Crippen LogP contribution in [0.1, 0.15) is 99.3 Å². The lowest BCUT2D eigenvalue weighted by molar-refractivity contribution is -0.931. The Bertz CT molecular complexity index is 1030. The molecule has 1 aliphatic rings. The first kappa shape index (κ1) is 30.7. The predicted molar refractivity (Wildman–Crippen MR) is 161 cm³/mol. The number of amides is 2. The van der Waals surface area contributed by atoms with E-state index in [1.165, 1.54) is 49.7 Å². The van der Waals surface area contributed by atoms with Crippen LogP contribution in [0.25, 0.3) is 0 Å². The highest BCUT2D eigenvalue weighted by Crippen LogP contribution is 2.25. The Labute approximate surface area is 236 Å². The van der Waals surface area contributed by atoms with Crippen LogP contribution in [-0.4, -0.2) is 67.1 Å². The van der Waals surface area contributed by atoms with Gasteiger partial charge in [0.15, 0.2) is 0 Å². The van der Waals surface area contributed by atoms with E-state index in [0.717, 1.165) is 38.8 Å². The van der Waals surface area contributed by atoms with E-state index in [2.05, 4.69) is 26.1 Å². The molecule has 2 aromatic carbocycles. The Morgan fingerprint density at radius 2 is 1.56 bits per heavy atom. The zero-order valence-electron chi connectivity index (χ0n) is 24.7. The first-order valence-electron chi connectivity index (χ1n) is 15.2. The number of hydrogen-bond donors (Lipinski definition) is 1. The van der Waals surface area contributed by atoms with Crippen molar-refractivity contribution in [1.29, 1.82) is 0 Å². The number of carbonyl (C=O) groups excluding carboxylic acids is 2. The molecule has 0 radical (unpaired) electrons. The fraction of sp³-hybridized carbons (Fsp3) is 0.576. The van der Waals surface area contributed by atoms with Gasteiger partial charge in [-0.3, -0.25) is 9.59 Å². The van der Waals surface area contributed by atoms with Gasteiger partial charge in [-0.2, -0.15) is 0 Å². The molecule has 2 aromatic rings. The van der Waals surface area contributed by atoms with Gasteiger partial charge in [-0.05, 0) is 56.2 Å². The number of benzene rings is 2. The van der Waals surface area contributed by atoms with E-state index in [4.69, 9.17) is 4.74 Å². The highest BCUT2D eigenvalue weighted by atomic mass is 16.5. The molecule has 1 aliphatic heterocycles. The molecule has 6 nitrogen and oxygen atoms in total. The Morgan fingerprint density at radius 1 is 0.897 bits per heavy atom. The normalized spacial score (nSPS) is 18.9. The van der Waals surface area contributed by atoms with E-state index in [-0.39, 0.29) is 17.9 Å². The van der Waals surface area contributed by atoms with Crippen molar-refractivity contribution < 1.29 is 18.8 Å². The van der Waals surface area contributed by atoms with E-state index in [1.54, 1.807) is 18.2 Å². The molecule has 0 unspecified atom stereocenters. The van der Waals surface area contributed by atoms with Gasteiger partial charge in [0.05, 0.1) is 38.3 Å². The number of likely N-dealkylation sites (tertiary alicyclic amines) is 1. The standard InChI is InChI=1S/C33H49N3O3/c1-5-8-9-10-11-14-26-39-31-16-13-12-15-30(31)32(37)34-28-19-17-27(18-20-28)33(38)35(4)29-21-24-36(7-3,23-6-2)25-22-29/h12-13,15-20,29H,5-11,14,21-26H2,1-4H3/p+1. The van der Waals surface area contributed by atoms with Crippen LogP contribution in [0, 0.1) is 0 Å². The SMILES string of the molecule is CCCCCCCCOc1ccccc1C(=O)Nc1ccc(C(=O)N(C)C2CC[N+](CC)(CCC)CC2)cc1. The largest absolute Gasteiger partial charge is 0.493 e. The maximum Gasteiger partial charge on any atom is 0.259 e. The lowest BCUT2D eigenvalue weighted by Gasteiger charge is -2.45. The first-order chi connectivity index (χ1) is 18.9. The maximum atomic E-state index is 13.2. The summed E-state index contributed by atoms with van der Waals surface area (Å²) in [6.07, 6.45) is 10.5. The summed E-state index contributed by atoms with van der Waals surface area (Å²) < 4.78 is 7.14. The molecule has 1 heterocycles. The lowest BCUT2D eigenvalue weighted by atomic mass is 9.99. The second-order valence-corrected chi connectivity index (χ2v) is 11.1. The quantitative estimate of drug-likeness (QED) is 0.194. The molecule has 0 atom stereocenters. The average Bonchev–Trinajstić information content (AvgIpc) is 2.97. The summed E-state index contributed by atoms with van der Waals surface area (Å²) in [6, 6.07) is 14.9. The third kappa shape index (κ3) is 8.82. The number of piperidine rings is 1. The molecular formula is C33H50N3O3+. The van der Waals surface area contributed by atoms with Crippen LogP contribution in [-0.2, 0) is 0 Å². The molecule has 6 heteroatoms. The van der Waals surface area contributed by atoms with Crippen molar-refractivity contribution in [1.82, 2.24) is 4.90 Å². The van der Waals surface area contributed by atoms with Gasteiger partial charge < -0.3 is 19.4 Å². The molecule has 1 N–H and O–H groups in total. The third-order valence-electron chi connectivity index (χ3n) is 8.39. The van der Waals surface area contributed by atoms with Gasteiger partial charge in [0.25, 0.3) is 11.8 Å². The lowest BCUT2D eigenvalue weighted by Crippen LogP contribution is -2.57. The second-order valence-electron chi connectivity index (χ2n) is 11.1. The Hall–Kier alpha value is -2.86. The van der Waals surface area contributed by atoms with E-state index >= 15 is 0 Å². The van der Waals surface area contributed by atoms with Crippen LogP contribution in [0.15, 0.2) is 48.5 Å². The summed E-state index contributed by atoms with van der Waals surface area (Å²) >= 11 is 0. The van der Waals surface area contributed by atoms with Crippen molar-refractivity contribution in [3.63, 3.8) is 0 Å². The maximum absolute atomic E-state index is 13.2. The number of hydrogen-bond acceptors (Lipinski definition) is 3. The first-order valence-corrected chi connectivity index (χ1v) is 15.2. The van der Waals surface area contributed by atoms with Crippen molar-refractivity contribution in [2.24, 2.45) is 0 Å². The summed E-state index contributed by atoms with van der Waals surface area (Å²) in [5, 5.41) is 2.96. The average molecular weight is 537 g/mol. The molecular weight excluding hydrogens is 486 g/mol. The topological polar surface area (TPSA) is 58.6 Å². The number of ether oxygens (including phenoxy) is 1. The van der Waals surface area contributed by atoms with Crippen LogP contribution in [0.2, 0.25) is 0 Å². The molecule has 0 aromatic heterocycles. The minimum absolute atomic E-state index is 0.0401. The van der Waals surface area contributed by atoms with Crippen LogP contribution in [0.5, 0.6) is 5.75 Å². The number of unbranched alkanes of at least 4 members (excludes halogenated alkanes) is 5. The number of nitrogens with one attached hydrogen (secondary N) is 1. The zero-order valence-corrected chi connectivity index (χ0v) is 24.7. The van der Waals surface area contributed by atoms with Crippen LogP contribution in [0.3, 0.4) is 0 Å². The molecule has 3 rings (SSSR count). The number of para-hydroxylation sites is 1. The minimum atomic E-state index is -0.212. The highest BCUT2D eigenvalue weighted by molar-refractivity contribution is 6.06. The molecule has 2 amide bonds. The highest BCUT2D eigenvalue weighted by Gasteiger charge is 2.34. The van der Waals surface area contributed by atoms with Gasteiger partial charge in [0.1, 0.15) is 5.75 Å². The van der Waals surface area contributed by atoms with Crippen molar-refractivity contribution in [2.45, 2.75) is 84.6 Å². The smallest absolute Gasteiger partial charge is 0.259 e. The van der Waals surface area contributed by atoms with Crippen LogP contribution < -0.4 is 10.1 Å². The van der Waals surface area contributed by atoms with Gasteiger partial charge in [-0.25, -0.2) is 0 Å². The zero-order chi connectivity index (χ0) is 28.1. The van der Waals surface area contributed by atoms with Crippen molar-refractivity contribution in [2.75, 3.05) is 45.2 Å². The molecule has 39 heavy (non-hydrogen) atoms. The molecule has 0 aliphatic carbocycles. The number of nitrogens with zero attached hydrogens (tertiary/aromatic N) is 2. The summed E-state index contributed by atoms with van der Waals surface area (Å²) in [7, 11) is 1.93. The molecule has 1 fully saturated rings. The second kappa shape index (κ2) is 15.7. The fourth-order valence-electron chi connectivity index (χ4n) is 5.77. The third-order valence-corrected chi connectivity index (χ3v) is 8.39. The monoisotopic (exact) mass is 536 g/mol.